The molecule has 0 amide bonds. The molecule has 0 saturated carbocycles. The topological polar surface area (TPSA) is 102 Å². The smallest absolute Gasteiger partial charge is 0.323 e. The standard InChI is InChI=1S/C20H18F5N5O2S/c1-4-33(31,32)16-5-12(18(2,3)9-26)7-28-17(16)14-6-13-15(8-27-14)30(11-29-13)10-19(21,22)20(23,24)25/h5-8,11H,4,10H2,1-3H3. The molecule has 176 valence electrons. The minimum atomic E-state index is -5.73. The van der Waals surface area contributed by atoms with Gasteiger partial charge in [-0.25, -0.2) is 13.4 Å². The second-order valence-electron chi connectivity index (χ2n) is 7.84. The van der Waals surface area contributed by atoms with Crippen molar-refractivity contribution in [1.82, 2.24) is 19.5 Å². The summed E-state index contributed by atoms with van der Waals surface area (Å²) in [7, 11) is -3.82. The first-order chi connectivity index (χ1) is 15.1. The summed E-state index contributed by atoms with van der Waals surface area (Å²) in [5, 5.41) is 9.36. The Morgan fingerprint density at radius 3 is 2.30 bits per heavy atom. The van der Waals surface area contributed by atoms with Crippen LogP contribution in [0, 0.1) is 11.3 Å². The molecule has 0 aliphatic heterocycles. The van der Waals surface area contributed by atoms with E-state index in [2.05, 4.69) is 21.0 Å². The minimum absolute atomic E-state index is 0.0288. The van der Waals surface area contributed by atoms with Gasteiger partial charge in [0, 0.05) is 6.20 Å². The third-order valence-electron chi connectivity index (χ3n) is 5.10. The molecule has 3 rings (SSSR count). The lowest BCUT2D eigenvalue weighted by molar-refractivity contribution is -0.286. The van der Waals surface area contributed by atoms with Crippen molar-refractivity contribution in [3.05, 3.63) is 36.4 Å². The molecule has 0 spiro atoms. The van der Waals surface area contributed by atoms with Crippen molar-refractivity contribution in [3.8, 4) is 17.5 Å². The Labute approximate surface area is 185 Å². The van der Waals surface area contributed by atoms with Crippen molar-refractivity contribution in [3.63, 3.8) is 0 Å². The van der Waals surface area contributed by atoms with Gasteiger partial charge < -0.3 is 4.57 Å². The molecule has 0 fully saturated rings. The molecule has 0 saturated heterocycles. The van der Waals surface area contributed by atoms with Gasteiger partial charge >= 0.3 is 12.1 Å². The molecule has 0 radical (unpaired) electrons. The van der Waals surface area contributed by atoms with Crippen LogP contribution in [-0.4, -0.2) is 45.8 Å². The lowest BCUT2D eigenvalue weighted by atomic mass is 9.87. The van der Waals surface area contributed by atoms with Crippen LogP contribution < -0.4 is 0 Å². The van der Waals surface area contributed by atoms with Crippen LogP contribution in [0.5, 0.6) is 0 Å². The molecule has 0 aromatic carbocycles. The number of aromatic nitrogens is 4. The first-order valence-electron chi connectivity index (χ1n) is 9.53. The number of sulfone groups is 1. The maximum absolute atomic E-state index is 13.5. The fourth-order valence-electron chi connectivity index (χ4n) is 2.95. The molecular weight excluding hydrogens is 469 g/mol. The van der Waals surface area contributed by atoms with Crippen LogP contribution >= 0.6 is 0 Å². The summed E-state index contributed by atoms with van der Waals surface area (Å²) in [6, 6.07) is 4.65. The Bertz CT molecular complexity index is 1360. The van der Waals surface area contributed by atoms with Gasteiger partial charge in [0.15, 0.2) is 9.84 Å². The largest absolute Gasteiger partial charge is 0.455 e. The average Bonchev–Trinajstić information content (AvgIpc) is 3.13. The second kappa shape index (κ2) is 8.02. The van der Waals surface area contributed by atoms with Gasteiger partial charge in [0.05, 0.1) is 57.9 Å². The highest BCUT2D eigenvalue weighted by atomic mass is 32.2. The molecule has 33 heavy (non-hydrogen) atoms. The maximum atomic E-state index is 13.5. The highest BCUT2D eigenvalue weighted by Gasteiger charge is 2.57. The number of imidazole rings is 1. The lowest BCUT2D eigenvalue weighted by Crippen LogP contribution is -2.40. The molecule has 3 aromatic heterocycles. The van der Waals surface area contributed by atoms with Crippen LogP contribution in [0.15, 0.2) is 35.7 Å². The van der Waals surface area contributed by atoms with E-state index in [1.807, 2.05) is 0 Å². The normalized spacial score (nSPS) is 13.3. The summed E-state index contributed by atoms with van der Waals surface area (Å²) in [5.41, 5.74) is -0.745. The zero-order chi connectivity index (χ0) is 24.8. The van der Waals surface area contributed by atoms with Gasteiger partial charge in [-0.2, -0.15) is 27.2 Å². The van der Waals surface area contributed by atoms with Crippen molar-refractivity contribution >= 4 is 20.9 Å². The Kier molecular flexibility index (Phi) is 5.95. The van der Waals surface area contributed by atoms with Gasteiger partial charge in [-0.05, 0) is 31.5 Å². The van der Waals surface area contributed by atoms with Crippen molar-refractivity contribution < 1.29 is 30.4 Å². The van der Waals surface area contributed by atoms with Gasteiger partial charge in [-0.3, -0.25) is 9.97 Å². The molecular formula is C20H18F5N5O2S. The van der Waals surface area contributed by atoms with Crippen molar-refractivity contribution in [2.45, 2.75) is 49.7 Å². The van der Waals surface area contributed by atoms with E-state index in [0.717, 1.165) is 12.5 Å². The molecule has 0 atom stereocenters. The second-order valence-corrected chi connectivity index (χ2v) is 10.1. The van der Waals surface area contributed by atoms with Crippen molar-refractivity contribution in [2.75, 3.05) is 5.75 Å². The highest BCUT2D eigenvalue weighted by Crippen LogP contribution is 2.37. The molecule has 3 heterocycles. The van der Waals surface area contributed by atoms with E-state index in [1.54, 1.807) is 13.8 Å². The summed E-state index contributed by atoms with van der Waals surface area (Å²) in [4.78, 5) is 11.9. The number of halogens is 5. The van der Waals surface area contributed by atoms with Crippen LogP contribution in [0.2, 0.25) is 0 Å². The van der Waals surface area contributed by atoms with Gasteiger partial charge in [-0.1, -0.05) is 6.92 Å². The fraction of sp³-hybridized carbons (Fsp3) is 0.400. The van der Waals surface area contributed by atoms with E-state index in [9.17, 15) is 35.6 Å². The van der Waals surface area contributed by atoms with Gasteiger partial charge in [-0.15, -0.1) is 0 Å². The van der Waals surface area contributed by atoms with Gasteiger partial charge in [0.2, 0.25) is 0 Å². The number of hydrogen-bond acceptors (Lipinski definition) is 6. The zero-order valence-electron chi connectivity index (χ0n) is 17.7. The fourth-order valence-corrected chi connectivity index (χ4v) is 4.02. The van der Waals surface area contributed by atoms with Crippen LogP contribution in [0.4, 0.5) is 22.0 Å². The average molecular weight is 487 g/mol. The summed E-state index contributed by atoms with van der Waals surface area (Å²) < 4.78 is 90.7. The summed E-state index contributed by atoms with van der Waals surface area (Å²) in [5.74, 6) is -5.24. The number of rotatable bonds is 6. The summed E-state index contributed by atoms with van der Waals surface area (Å²) in [6.07, 6.45) is -2.54. The monoisotopic (exact) mass is 487 g/mol. The lowest BCUT2D eigenvalue weighted by Gasteiger charge is -2.20. The minimum Gasteiger partial charge on any atom is -0.323 e. The molecule has 7 nitrogen and oxygen atoms in total. The van der Waals surface area contributed by atoms with E-state index in [-0.39, 0.29) is 33.1 Å². The molecule has 3 aromatic rings. The number of alkyl halides is 5. The van der Waals surface area contributed by atoms with Crippen molar-refractivity contribution in [1.29, 1.82) is 5.26 Å². The summed E-state index contributed by atoms with van der Waals surface area (Å²) >= 11 is 0. The molecule has 0 unspecified atom stereocenters. The van der Waals surface area contributed by atoms with Gasteiger partial charge in [0.1, 0.15) is 5.69 Å². The molecule has 0 aliphatic carbocycles. The molecule has 0 N–H and O–H groups in total. The van der Waals surface area contributed by atoms with E-state index in [1.165, 1.54) is 25.3 Å². The SMILES string of the molecule is CCS(=O)(=O)c1cc(C(C)(C)C#N)cnc1-c1cc2ncn(CC(F)(F)C(F)(F)F)c2cn1. The van der Waals surface area contributed by atoms with E-state index < -0.39 is 33.9 Å². The summed E-state index contributed by atoms with van der Waals surface area (Å²) in [6.45, 7) is 2.94. The zero-order valence-corrected chi connectivity index (χ0v) is 18.5. The van der Waals surface area contributed by atoms with Gasteiger partial charge in [0.25, 0.3) is 0 Å². The highest BCUT2D eigenvalue weighted by molar-refractivity contribution is 7.91. The first-order valence-corrected chi connectivity index (χ1v) is 11.2. The Morgan fingerprint density at radius 1 is 1.06 bits per heavy atom. The molecule has 13 heteroatoms. The number of nitriles is 1. The van der Waals surface area contributed by atoms with Crippen molar-refractivity contribution in [2.24, 2.45) is 0 Å². The predicted molar refractivity (Wildman–Crippen MR) is 108 cm³/mol. The van der Waals surface area contributed by atoms with Crippen LogP contribution in [0.1, 0.15) is 26.3 Å². The quantitative estimate of drug-likeness (QED) is 0.481. The van der Waals surface area contributed by atoms with E-state index in [4.69, 9.17) is 0 Å². The van der Waals surface area contributed by atoms with Crippen LogP contribution in [0.25, 0.3) is 22.4 Å². The third kappa shape index (κ3) is 4.52. The maximum Gasteiger partial charge on any atom is 0.455 e. The predicted octanol–water partition coefficient (Wildman–Crippen LogP) is 4.29. The van der Waals surface area contributed by atoms with E-state index >= 15 is 0 Å². The van der Waals surface area contributed by atoms with E-state index in [0.29, 0.717) is 10.1 Å². The third-order valence-corrected chi connectivity index (χ3v) is 6.84. The first kappa shape index (κ1) is 24.5. The Morgan fingerprint density at radius 2 is 1.73 bits per heavy atom. The Hall–Kier alpha value is -3.14. The Balaban J connectivity index is 2.13. The number of nitrogens with zero attached hydrogens (tertiary/aromatic N) is 5. The number of fused-ring (bicyclic) bond motifs is 1. The molecule has 0 aliphatic rings. The number of pyridine rings is 2. The number of hydrogen-bond donors (Lipinski definition) is 0. The molecule has 0 bridgehead atoms. The van der Waals surface area contributed by atoms with Crippen LogP contribution in [-0.2, 0) is 21.8 Å². The van der Waals surface area contributed by atoms with Crippen LogP contribution in [0.3, 0.4) is 0 Å².